The van der Waals surface area contributed by atoms with Crippen molar-refractivity contribution in [3.8, 4) is 0 Å². The Kier molecular flexibility index (Phi) is 2.47. The van der Waals surface area contributed by atoms with Gasteiger partial charge in [0.2, 0.25) is 0 Å². The largest absolute Gasteiger partial charge is 0.380 e. The molecule has 3 rings (SSSR count). The number of fused-ring (bicyclic) bond motifs is 3. The third kappa shape index (κ3) is 1.46. The van der Waals surface area contributed by atoms with Crippen molar-refractivity contribution in [3.05, 3.63) is 0 Å². The van der Waals surface area contributed by atoms with Crippen LogP contribution in [0, 0.1) is 5.92 Å². The molecule has 3 atom stereocenters. The maximum absolute atomic E-state index is 12.0. The molecule has 2 N–H and O–H groups in total. The molecule has 5 heteroatoms. The van der Waals surface area contributed by atoms with Gasteiger partial charge in [-0.15, -0.1) is 0 Å². The van der Waals surface area contributed by atoms with E-state index in [4.69, 9.17) is 9.47 Å². The predicted molar refractivity (Wildman–Crippen MR) is 59.1 cm³/mol. The van der Waals surface area contributed by atoms with Crippen LogP contribution in [-0.4, -0.2) is 41.7 Å². The molecule has 2 heterocycles. The van der Waals surface area contributed by atoms with E-state index >= 15 is 0 Å². The average Bonchev–Trinajstić information content (AvgIpc) is 2.79. The van der Waals surface area contributed by atoms with E-state index in [1.165, 1.54) is 0 Å². The van der Waals surface area contributed by atoms with Crippen molar-refractivity contribution < 1.29 is 19.4 Å². The maximum atomic E-state index is 12.0. The molecule has 2 bridgehead atoms. The van der Waals surface area contributed by atoms with E-state index in [0.717, 1.165) is 19.3 Å². The van der Waals surface area contributed by atoms with Gasteiger partial charge in [-0.25, -0.2) is 0 Å². The highest BCUT2D eigenvalue weighted by Crippen LogP contribution is 2.48. The first-order chi connectivity index (χ1) is 8.11. The zero-order chi connectivity index (χ0) is 12.1. The van der Waals surface area contributed by atoms with Crippen LogP contribution in [0.5, 0.6) is 0 Å². The first-order valence-corrected chi connectivity index (χ1v) is 6.42. The van der Waals surface area contributed by atoms with Crippen LogP contribution in [0.15, 0.2) is 0 Å². The zero-order valence-electron chi connectivity index (χ0n) is 10.1. The van der Waals surface area contributed by atoms with Gasteiger partial charge < -0.3 is 19.9 Å². The fourth-order valence-electron chi connectivity index (χ4n) is 3.51. The minimum atomic E-state index is -1.35. The number of aliphatic hydroxyl groups is 1. The summed E-state index contributed by atoms with van der Waals surface area (Å²) in [6.45, 7) is 2.95. The van der Waals surface area contributed by atoms with Crippen LogP contribution in [0.3, 0.4) is 0 Å². The highest BCUT2D eigenvalue weighted by atomic mass is 16.7. The van der Waals surface area contributed by atoms with Gasteiger partial charge >= 0.3 is 0 Å². The van der Waals surface area contributed by atoms with Crippen LogP contribution < -0.4 is 5.32 Å². The van der Waals surface area contributed by atoms with E-state index in [2.05, 4.69) is 5.32 Å². The predicted octanol–water partition coefficient (Wildman–Crippen LogP) is 0.169. The monoisotopic (exact) mass is 241 g/mol. The SMILES string of the molecule is CC[C@@]1(O)C(=O)N[C@@H]2CCC3(OCCO3)[C@H]1C2. The number of hydrogen-bond donors (Lipinski definition) is 2. The molecule has 0 aromatic heterocycles. The number of amides is 1. The molecule has 3 fully saturated rings. The highest BCUT2D eigenvalue weighted by Gasteiger charge is 2.61. The van der Waals surface area contributed by atoms with E-state index in [-0.39, 0.29) is 17.9 Å². The van der Waals surface area contributed by atoms with Gasteiger partial charge in [0.25, 0.3) is 5.91 Å². The molecule has 2 saturated heterocycles. The van der Waals surface area contributed by atoms with Crippen LogP contribution in [0.2, 0.25) is 0 Å². The van der Waals surface area contributed by atoms with Crippen molar-refractivity contribution in [3.63, 3.8) is 0 Å². The second kappa shape index (κ2) is 3.67. The summed E-state index contributed by atoms with van der Waals surface area (Å²) in [5.74, 6) is -1.23. The van der Waals surface area contributed by atoms with E-state index in [1.807, 2.05) is 6.92 Å². The number of rotatable bonds is 1. The number of piperidine rings is 1. The summed E-state index contributed by atoms with van der Waals surface area (Å²) in [7, 11) is 0. The molecule has 0 radical (unpaired) electrons. The second-order valence-corrected chi connectivity index (χ2v) is 5.28. The Labute approximate surface area is 100 Å². The molecular weight excluding hydrogens is 222 g/mol. The Morgan fingerprint density at radius 2 is 2.18 bits per heavy atom. The molecule has 5 nitrogen and oxygen atoms in total. The number of hydrogen-bond acceptors (Lipinski definition) is 4. The van der Waals surface area contributed by atoms with Crippen LogP contribution in [0.25, 0.3) is 0 Å². The maximum Gasteiger partial charge on any atom is 0.252 e. The second-order valence-electron chi connectivity index (χ2n) is 5.28. The van der Waals surface area contributed by atoms with Crippen molar-refractivity contribution in [1.29, 1.82) is 0 Å². The smallest absolute Gasteiger partial charge is 0.252 e. The van der Waals surface area contributed by atoms with Gasteiger partial charge in [-0.3, -0.25) is 4.79 Å². The summed E-state index contributed by atoms with van der Waals surface area (Å²) in [5, 5.41) is 13.5. The van der Waals surface area contributed by atoms with Gasteiger partial charge in [-0.1, -0.05) is 6.92 Å². The fraction of sp³-hybridized carbons (Fsp3) is 0.917. The highest BCUT2D eigenvalue weighted by molar-refractivity contribution is 5.86. The third-order valence-corrected chi connectivity index (χ3v) is 4.51. The molecule has 17 heavy (non-hydrogen) atoms. The Balaban J connectivity index is 1.97. The van der Waals surface area contributed by atoms with Crippen molar-refractivity contribution in [2.75, 3.05) is 13.2 Å². The molecule has 1 amide bonds. The fourth-order valence-corrected chi connectivity index (χ4v) is 3.51. The van der Waals surface area contributed by atoms with Gasteiger partial charge in [0.1, 0.15) is 0 Å². The van der Waals surface area contributed by atoms with Crippen molar-refractivity contribution in [1.82, 2.24) is 5.32 Å². The first kappa shape index (κ1) is 11.4. The van der Waals surface area contributed by atoms with Gasteiger partial charge in [0, 0.05) is 12.5 Å². The van der Waals surface area contributed by atoms with E-state index < -0.39 is 11.4 Å². The molecule has 96 valence electrons. The number of carbonyl (C=O) groups is 1. The summed E-state index contributed by atoms with van der Waals surface area (Å²) in [6.07, 6.45) is 2.76. The number of carbonyl (C=O) groups excluding carboxylic acids is 1. The Morgan fingerprint density at radius 1 is 1.47 bits per heavy atom. The van der Waals surface area contributed by atoms with E-state index in [1.54, 1.807) is 0 Å². The lowest BCUT2D eigenvalue weighted by molar-refractivity contribution is -0.262. The summed E-state index contributed by atoms with van der Waals surface area (Å²) in [5.41, 5.74) is -1.35. The van der Waals surface area contributed by atoms with Crippen molar-refractivity contribution >= 4 is 5.91 Å². The van der Waals surface area contributed by atoms with Gasteiger partial charge in [-0.05, 0) is 19.3 Å². The minimum Gasteiger partial charge on any atom is -0.380 e. The lowest BCUT2D eigenvalue weighted by atomic mass is 9.66. The summed E-state index contributed by atoms with van der Waals surface area (Å²) in [4.78, 5) is 12.0. The molecule has 0 aromatic carbocycles. The van der Waals surface area contributed by atoms with Crippen LogP contribution in [0.1, 0.15) is 32.6 Å². The molecule has 0 unspecified atom stereocenters. The normalized spacial score (nSPS) is 43.8. The molecule has 2 aliphatic heterocycles. The Morgan fingerprint density at radius 3 is 2.82 bits per heavy atom. The summed E-state index contributed by atoms with van der Waals surface area (Å²) in [6, 6.07) is 0.165. The lowest BCUT2D eigenvalue weighted by Crippen LogP contribution is -2.68. The topological polar surface area (TPSA) is 67.8 Å². The Bertz CT molecular complexity index is 339. The van der Waals surface area contributed by atoms with Gasteiger partial charge in [0.05, 0.1) is 19.1 Å². The molecule has 1 spiro atoms. The van der Waals surface area contributed by atoms with Crippen LogP contribution in [0.4, 0.5) is 0 Å². The first-order valence-electron chi connectivity index (χ1n) is 6.42. The molecule has 1 saturated carbocycles. The van der Waals surface area contributed by atoms with Gasteiger partial charge in [0.15, 0.2) is 11.4 Å². The number of ether oxygens (including phenoxy) is 2. The third-order valence-electron chi connectivity index (χ3n) is 4.51. The lowest BCUT2D eigenvalue weighted by Gasteiger charge is -2.52. The van der Waals surface area contributed by atoms with Crippen molar-refractivity contribution in [2.24, 2.45) is 5.92 Å². The van der Waals surface area contributed by atoms with Gasteiger partial charge in [-0.2, -0.15) is 0 Å². The summed E-state index contributed by atoms with van der Waals surface area (Å²) >= 11 is 0. The quantitative estimate of drug-likeness (QED) is 0.686. The molecule has 3 aliphatic rings. The Hall–Kier alpha value is -0.650. The summed E-state index contributed by atoms with van der Waals surface area (Å²) < 4.78 is 11.5. The standard InChI is InChI=1S/C12H19NO4/c1-2-11(15)9-7-8(13-10(11)14)3-4-12(9)16-5-6-17-12/h8-9,15H,2-7H2,1H3,(H,13,14)/t8-,9+,11+/m1/s1. The average molecular weight is 241 g/mol. The molecule has 1 aliphatic carbocycles. The van der Waals surface area contributed by atoms with Crippen molar-refractivity contribution in [2.45, 2.75) is 50.0 Å². The van der Waals surface area contributed by atoms with E-state index in [0.29, 0.717) is 19.6 Å². The van der Waals surface area contributed by atoms with Crippen LogP contribution in [-0.2, 0) is 14.3 Å². The number of nitrogens with one attached hydrogen (secondary N) is 1. The minimum absolute atomic E-state index is 0.165. The molecule has 0 aromatic rings. The van der Waals surface area contributed by atoms with E-state index in [9.17, 15) is 9.90 Å². The van der Waals surface area contributed by atoms with Crippen LogP contribution >= 0.6 is 0 Å². The molecular formula is C12H19NO4. The zero-order valence-corrected chi connectivity index (χ0v) is 10.1.